The van der Waals surface area contributed by atoms with Crippen LogP contribution in [-0.2, 0) is 6.42 Å². The van der Waals surface area contributed by atoms with Crippen LogP contribution in [0.15, 0.2) is 22.7 Å². The molecule has 0 unspecified atom stereocenters. The third-order valence-corrected chi connectivity index (χ3v) is 7.03. The number of carbonyl (C=O) groups excluding carboxylic acids is 2. The number of amides is 2. The number of rotatable bonds is 3. The number of benzene rings is 2. The van der Waals surface area contributed by atoms with E-state index in [0.29, 0.717) is 57.5 Å². The molecule has 0 spiro atoms. The van der Waals surface area contributed by atoms with E-state index in [1.165, 1.54) is 12.1 Å². The number of anilines is 1. The summed E-state index contributed by atoms with van der Waals surface area (Å²) >= 11 is 13.1. The molecular weight excluding hydrogens is 444 g/mol. The number of nitrogens with one attached hydrogen (secondary N) is 1. The number of hydrogen-bond donors (Lipinski definition) is 1. The fourth-order valence-electron chi connectivity index (χ4n) is 4.66. The molecule has 0 aliphatic carbocycles. The quantitative estimate of drug-likeness (QED) is 0.548. The van der Waals surface area contributed by atoms with E-state index in [1.807, 2.05) is 11.8 Å². The fourth-order valence-corrected chi connectivity index (χ4v) is 5.30. The van der Waals surface area contributed by atoms with Crippen molar-refractivity contribution in [2.75, 3.05) is 18.0 Å². The van der Waals surface area contributed by atoms with Crippen molar-refractivity contribution < 1.29 is 18.5 Å². The molecule has 3 aromatic rings. The van der Waals surface area contributed by atoms with Gasteiger partial charge >= 0.3 is 0 Å². The third kappa shape index (κ3) is 3.10. The van der Waals surface area contributed by atoms with Crippen LogP contribution in [0.3, 0.4) is 0 Å². The Morgan fingerprint density at radius 2 is 1.87 bits per heavy atom. The summed E-state index contributed by atoms with van der Waals surface area (Å²) in [7, 11) is 0. The first kappa shape index (κ1) is 20.3. The number of nitrogens with zero attached hydrogens (tertiary/aromatic N) is 2. The minimum absolute atomic E-state index is 0.121. The maximum Gasteiger partial charge on any atom is 0.261 e. The van der Waals surface area contributed by atoms with Crippen molar-refractivity contribution in [2.45, 2.75) is 32.1 Å². The lowest BCUT2D eigenvalue weighted by Gasteiger charge is -2.34. The number of fused-ring (bicyclic) bond motifs is 2. The van der Waals surface area contributed by atoms with Crippen LogP contribution in [0.5, 0.6) is 0 Å². The van der Waals surface area contributed by atoms with E-state index in [-0.39, 0.29) is 11.7 Å². The highest BCUT2D eigenvalue weighted by Gasteiger charge is 2.38. The Hall–Kier alpha value is -2.64. The van der Waals surface area contributed by atoms with Crippen LogP contribution in [-0.4, -0.2) is 30.1 Å². The van der Waals surface area contributed by atoms with E-state index >= 15 is 0 Å². The van der Waals surface area contributed by atoms with Crippen LogP contribution in [0, 0.1) is 5.82 Å². The van der Waals surface area contributed by atoms with Gasteiger partial charge < -0.3 is 9.42 Å². The smallest absolute Gasteiger partial charge is 0.261 e. The topological polar surface area (TPSA) is 75.4 Å². The maximum atomic E-state index is 13.4. The van der Waals surface area contributed by atoms with Crippen LogP contribution in [0.25, 0.3) is 11.0 Å². The standard InChI is InChI=1S/C22H18Cl2FN3O3/c1-2-12-15-16(22(30)26-21(15)29)20(18(24)17(12)23)28-7-5-10(6-8-28)19-13-4-3-11(25)9-14(13)31-27-19/h3-4,9-10H,2,5-8H2,1H3,(H,26,29,30). The largest absolute Gasteiger partial charge is 0.370 e. The predicted molar refractivity (Wildman–Crippen MR) is 116 cm³/mol. The Labute approximate surface area is 187 Å². The summed E-state index contributed by atoms with van der Waals surface area (Å²) in [6, 6.07) is 4.41. The number of piperidine rings is 1. The molecule has 0 radical (unpaired) electrons. The van der Waals surface area contributed by atoms with E-state index in [1.54, 1.807) is 6.07 Å². The molecule has 2 amide bonds. The van der Waals surface area contributed by atoms with Crippen LogP contribution in [0.4, 0.5) is 10.1 Å². The SMILES string of the molecule is CCc1c(Cl)c(Cl)c(N2CCC(c3noc4cc(F)ccc34)CC2)c2c1C(=O)NC2=O. The molecule has 6 nitrogen and oxygen atoms in total. The van der Waals surface area contributed by atoms with Gasteiger partial charge in [0, 0.05) is 30.5 Å². The van der Waals surface area contributed by atoms with Gasteiger partial charge in [-0.3, -0.25) is 14.9 Å². The molecule has 0 atom stereocenters. The number of hydrogen-bond acceptors (Lipinski definition) is 5. The minimum atomic E-state index is -0.449. The lowest BCUT2D eigenvalue weighted by atomic mass is 9.90. The summed E-state index contributed by atoms with van der Waals surface area (Å²) < 4.78 is 18.8. The number of aromatic nitrogens is 1. The van der Waals surface area contributed by atoms with Crippen molar-refractivity contribution in [1.82, 2.24) is 10.5 Å². The Bertz CT molecular complexity index is 1250. The normalized spacial score (nSPS) is 16.8. The van der Waals surface area contributed by atoms with Crippen LogP contribution < -0.4 is 10.2 Å². The Morgan fingerprint density at radius 3 is 2.58 bits per heavy atom. The highest BCUT2D eigenvalue weighted by atomic mass is 35.5. The highest BCUT2D eigenvalue weighted by molar-refractivity contribution is 6.46. The van der Waals surface area contributed by atoms with Crippen LogP contribution >= 0.6 is 23.2 Å². The van der Waals surface area contributed by atoms with Gasteiger partial charge in [0.05, 0.1) is 32.6 Å². The Kier molecular flexibility index (Phi) is 4.90. The van der Waals surface area contributed by atoms with E-state index in [0.717, 1.165) is 23.9 Å². The monoisotopic (exact) mass is 461 g/mol. The highest BCUT2D eigenvalue weighted by Crippen LogP contribution is 2.45. The van der Waals surface area contributed by atoms with Crippen LogP contribution in [0.2, 0.25) is 10.0 Å². The van der Waals surface area contributed by atoms with Crippen molar-refractivity contribution in [3.05, 3.63) is 56.4 Å². The second-order valence-corrected chi connectivity index (χ2v) is 8.57. The number of carbonyl (C=O) groups is 2. The lowest BCUT2D eigenvalue weighted by molar-refractivity contribution is 0.0879. The zero-order chi connectivity index (χ0) is 21.9. The first-order valence-electron chi connectivity index (χ1n) is 10.1. The van der Waals surface area contributed by atoms with E-state index in [4.69, 9.17) is 27.7 Å². The Morgan fingerprint density at radius 1 is 1.16 bits per heavy atom. The van der Waals surface area contributed by atoms with Gasteiger partial charge in [-0.2, -0.15) is 0 Å². The molecule has 1 aromatic heterocycles. The molecule has 2 aliphatic rings. The summed E-state index contributed by atoms with van der Waals surface area (Å²) in [5.74, 6) is -1.13. The van der Waals surface area contributed by atoms with Gasteiger partial charge in [-0.05, 0) is 37.0 Å². The van der Waals surface area contributed by atoms with Gasteiger partial charge in [0.25, 0.3) is 11.8 Å². The van der Waals surface area contributed by atoms with Gasteiger partial charge in [0.1, 0.15) is 5.82 Å². The molecule has 9 heteroatoms. The second-order valence-electron chi connectivity index (χ2n) is 7.81. The molecule has 0 saturated carbocycles. The molecule has 2 aromatic carbocycles. The van der Waals surface area contributed by atoms with Crippen LogP contribution in [0.1, 0.15) is 57.7 Å². The summed E-state index contributed by atoms with van der Waals surface area (Å²) in [6.45, 7) is 3.05. The summed E-state index contributed by atoms with van der Waals surface area (Å²) in [5.41, 5.74) is 2.95. The van der Waals surface area contributed by atoms with E-state index in [9.17, 15) is 14.0 Å². The van der Waals surface area contributed by atoms with Gasteiger partial charge in [0.15, 0.2) is 5.58 Å². The number of halogens is 3. The van der Waals surface area contributed by atoms with Crippen molar-refractivity contribution in [2.24, 2.45) is 0 Å². The zero-order valence-electron chi connectivity index (χ0n) is 16.6. The molecule has 2 aliphatic heterocycles. The van der Waals surface area contributed by atoms with Gasteiger partial charge in [-0.25, -0.2) is 4.39 Å². The molecular formula is C22H18Cl2FN3O3. The molecule has 160 valence electrons. The summed E-state index contributed by atoms with van der Waals surface area (Å²) in [4.78, 5) is 27.0. The first-order chi connectivity index (χ1) is 14.9. The summed E-state index contributed by atoms with van der Waals surface area (Å²) in [5, 5.41) is 7.96. The Balaban J connectivity index is 1.48. The van der Waals surface area contributed by atoms with Crippen molar-refractivity contribution in [1.29, 1.82) is 0 Å². The van der Waals surface area contributed by atoms with Gasteiger partial charge in [0.2, 0.25) is 0 Å². The molecule has 1 saturated heterocycles. The average Bonchev–Trinajstić information content (AvgIpc) is 3.30. The van der Waals surface area contributed by atoms with Crippen molar-refractivity contribution >= 4 is 51.7 Å². The first-order valence-corrected chi connectivity index (χ1v) is 10.9. The second kappa shape index (κ2) is 7.50. The van der Waals surface area contributed by atoms with Gasteiger partial charge in [-0.1, -0.05) is 35.3 Å². The molecule has 31 heavy (non-hydrogen) atoms. The molecule has 1 N–H and O–H groups in total. The average molecular weight is 462 g/mol. The van der Waals surface area contributed by atoms with Crippen molar-refractivity contribution in [3.63, 3.8) is 0 Å². The fraction of sp³-hybridized carbons (Fsp3) is 0.318. The third-order valence-electron chi connectivity index (χ3n) is 6.15. The number of imide groups is 1. The zero-order valence-corrected chi connectivity index (χ0v) is 18.1. The summed E-state index contributed by atoms with van der Waals surface area (Å²) in [6.07, 6.45) is 1.95. The van der Waals surface area contributed by atoms with E-state index < -0.39 is 11.8 Å². The lowest BCUT2D eigenvalue weighted by Crippen LogP contribution is -2.34. The molecule has 5 rings (SSSR count). The molecule has 1 fully saturated rings. The molecule has 3 heterocycles. The van der Waals surface area contributed by atoms with E-state index in [2.05, 4.69) is 10.5 Å². The van der Waals surface area contributed by atoms with Gasteiger partial charge in [-0.15, -0.1) is 0 Å². The van der Waals surface area contributed by atoms with Crippen molar-refractivity contribution in [3.8, 4) is 0 Å². The molecule has 0 bridgehead atoms. The maximum absolute atomic E-state index is 13.4. The minimum Gasteiger partial charge on any atom is -0.370 e. The predicted octanol–water partition coefficient (Wildman–Crippen LogP) is 5.10.